The van der Waals surface area contributed by atoms with Crippen LogP contribution in [0.25, 0.3) is 16.7 Å². The van der Waals surface area contributed by atoms with E-state index in [0.717, 1.165) is 10.2 Å². The second-order valence-electron chi connectivity index (χ2n) is 4.48. The van der Waals surface area contributed by atoms with Crippen molar-refractivity contribution in [1.29, 1.82) is 0 Å². The predicted octanol–water partition coefficient (Wildman–Crippen LogP) is 5.36. The van der Waals surface area contributed by atoms with Crippen molar-refractivity contribution in [2.75, 3.05) is 5.88 Å². The Bertz CT molecular complexity index is 817. The topological polar surface area (TPSA) is 17.8 Å². The molecule has 0 aliphatic rings. The van der Waals surface area contributed by atoms with Crippen molar-refractivity contribution in [2.45, 2.75) is 6.42 Å². The maximum Gasteiger partial charge on any atom is 0.151 e. The van der Waals surface area contributed by atoms with Crippen LogP contribution in [-0.4, -0.2) is 15.4 Å². The van der Waals surface area contributed by atoms with Gasteiger partial charge in [0.05, 0.1) is 20.7 Å². The minimum atomic E-state index is -0.347. The fourth-order valence-electron chi connectivity index (χ4n) is 2.30. The third-order valence-corrected chi connectivity index (χ3v) is 4.76. The van der Waals surface area contributed by atoms with Gasteiger partial charge in [-0.1, -0.05) is 23.7 Å². The molecule has 2 nitrogen and oxygen atoms in total. The highest BCUT2D eigenvalue weighted by Gasteiger charge is 2.17. The smallest absolute Gasteiger partial charge is 0.151 e. The maximum atomic E-state index is 14.0. The zero-order valence-electron chi connectivity index (χ0n) is 10.8. The molecule has 3 rings (SSSR count). The predicted molar refractivity (Wildman–Crippen MR) is 88.2 cm³/mol. The van der Waals surface area contributed by atoms with E-state index in [1.54, 1.807) is 12.1 Å². The summed E-state index contributed by atoms with van der Waals surface area (Å²) in [5.74, 6) is 0.761. The van der Waals surface area contributed by atoms with E-state index < -0.39 is 0 Å². The number of benzene rings is 2. The summed E-state index contributed by atoms with van der Waals surface area (Å²) in [6, 6.07) is 10.4. The van der Waals surface area contributed by atoms with Gasteiger partial charge < -0.3 is 0 Å². The van der Waals surface area contributed by atoms with Crippen molar-refractivity contribution in [3.8, 4) is 5.69 Å². The van der Waals surface area contributed by atoms with Gasteiger partial charge >= 0.3 is 0 Å². The molecule has 0 saturated carbocycles. The maximum absolute atomic E-state index is 14.0. The zero-order chi connectivity index (χ0) is 15.0. The van der Waals surface area contributed by atoms with Gasteiger partial charge in [-0.25, -0.2) is 9.37 Å². The number of imidazole rings is 1. The third-order valence-electron chi connectivity index (χ3n) is 3.20. The minimum Gasteiger partial charge on any atom is -0.295 e. The van der Waals surface area contributed by atoms with Gasteiger partial charge in [-0.2, -0.15) is 0 Å². The normalized spacial score (nSPS) is 11.2. The van der Waals surface area contributed by atoms with E-state index in [9.17, 15) is 4.39 Å². The van der Waals surface area contributed by atoms with Gasteiger partial charge in [-0.15, -0.1) is 11.6 Å². The van der Waals surface area contributed by atoms with E-state index in [0.29, 0.717) is 34.2 Å². The number of nitrogens with zero attached hydrogens (tertiary/aromatic N) is 2. The summed E-state index contributed by atoms with van der Waals surface area (Å²) in [6.45, 7) is 0. The van der Waals surface area contributed by atoms with Crippen LogP contribution in [0.3, 0.4) is 0 Å². The monoisotopic (exact) mass is 386 g/mol. The average Bonchev–Trinajstić information content (AvgIpc) is 2.82. The number of halogens is 4. The summed E-state index contributed by atoms with van der Waals surface area (Å²) < 4.78 is 16.6. The molecule has 21 heavy (non-hydrogen) atoms. The van der Waals surface area contributed by atoms with Gasteiger partial charge in [0.2, 0.25) is 0 Å². The highest BCUT2D eigenvalue weighted by atomic mass is 79.9. The first kappa shape index (κ1) is 14.8. The number of rotatable bonds is 3. The van der Waals surface area contributed by atoms with Crippen LogP contribution in [0.2, 0.25) is 5.02 Å². The molecule has 0 spiro atoms. The van der Waals surface area contributed by atoms with Gasteiger partial charge in [-0.3, -0.25) is 4.57 Å². The Hall–Kier alpha value is -1.10. The summed E-state index contributed by atoms with van der Waals surface area (Å²) in [6.07, 6.45) is 0.536. The largest absolute Gasteiger partial charge is 0.295 e. The first-order valence-corrected chi connectivity index (χ1v) is 8.00. The number of alkyl halides is 1. The Morgan fingerprint density at radius 3 is 2.71 bits per heavy atom. The molecule has 0 atom stereocenters. The summed E-state index contributed by atoms with van der Waals surface area (Å²) in [5.41, 5.74) is 1.85. The zero-order valence-corrected chi connectivity index (χ0v) is 13.9. The van der Waals surface area contributed by atoms with Crippen molar-refractivity contribution >= 4 is 50.2 Å². The van der Waals surface area contributed by atoms with Crippen molar-refractivity contribution in [2.24, 2.45) is 0 Å². The van der Waals surface area contributed by atoms with Gasteiger partial charge in [-0.05, 0) is 40.2 Å². The highest BCUT2D eigenvalue weighted by molar-refractivity contribution is 9.10. The van der Waals surface area contributed by atoms with Gasteiger partial charge in [0, 0.05) is 12.3 Å². The molecule has 2 aromatic carbocycles. The van der Waals surface area contributed by atoms with E-state index >= 15 is 0 Å². The summed E-state index contributed by atoms with van der Waals surface area (Å²) >= 11 is 15.5. The molecule has 3 aromatic rings. The lowest BCUT2D eigenvalue weighted by molar-refractivity contribution is 0.637. The molecule has 0 aliphatic carbocycles. The molecule has 0 aliphatic heterocycles. The Balaban J connectivity index is 2.37. The van der Waals surface area contributed by atoms with E-state index in [1.165, 1.54) is 6.07 Å². The van der Waals surface area contributed by atoms with E-state index in [4.69, 9.17) is 23.2 Å². The number of aryl methyl sites for hydroxylation is 1. The number of fused-ring (bicyclic) bond motifs is 1. The quantitative estimate of drug-likeness (QED) is 0.553. The van der Waals surface area contributed by atoms with Crippen LogP contribution in [0.4, 0.5) is 4.39 Å². The number of aromatic nitrogens is 2. The van der Waals surface area contributed by atoms with Crippen LogP contribution in [-0.2, 0) is 6.42 Å². The molecule has 0 N–H and O–H groups in total. The summed E-state index contributed by atoms with van der Waals surface area (Å²) in [4.78, 5) is 4.39. The molecule has 0 saturated heterocycles. The van der Waals surface area contributed by atoms with Crippen molar-refractivity contribution < 1.29 is 4.39 Å². The molecule has 0 unspecified atom stereocenters. The fourth-order valence-corrected chi connectivity index (χ4v) is 3.08. The Kier molecular flexibility index (Phi) is 4.20. The number of para-hydroxylation sites is 1. The van der Waals surface area contributed by atoms with Crippen molar-refractivity contribution in [3.05, 3.63) is 57.5 Å². The lowest BCUT2D eigenvalue weighted by Gasteiger charge is -2.11. The van der Waals surface area contributed by atoms with Crippen LogP contribution in [0.1, 0.15) is 5.82 Å². The number of hydrogen-bond acceptors (Lipinski definition) is 1. The SMILES string of the molecule is Fc1cccc2c1nc(CCCl)n2-c1cccc(Cl)c1Br. The molecule has 1 heterocycles. The summed E-state index contributed by atoms with van der Waals surface area (Å²) in [5, 5.41) is 0.586. The van der Waals surface area contributed by atoms with Crippen LogP contribution >= 0.6 is 39.1 Å². The molecular formula is C15H10BrCl2FN2. The van der Waals surface area contributed by atoms with Crippen LogP contribution in [0, 0.1) is 5.82 Å². The van der Waals surface area contributed by atoms with Crippen LogP contribution in [0.15, 0.2) is 40.9 Å². The summed E-state index contributed by atoms with van der Waals surface area (Å²) in [7, 11) is 0. The van der Waals surface area contributed by atoms with Gasteiger partial charge in [0.1, 0.15) is 11.3 Å². The number of hydrogen-bond donors (Lipinski definition) is 0. The lowest BCUT2D eigenvalue weighted by Crippen LogP contribution is -2.03. The minimum absolute atomic E-state index is 0.337. The van der Waals surface area contributed by atoms with E-state index in [-0.39, 0.29) is 5.82 Å². The first-order chi connectivity index (χ1) is 10.1. The standard InChI is InChI=1S/C15H10BrCl2FN2/c16-14-9(18)3-1-5-11(14)21-12-6-2-4-10(19)15(12)20-13(21)7-8-17/h1-6H,7-8H2. The Morgan fingerprint density at radius 1 is 1.19 bits per heavy atom. The van der Waals surface area contributed by atoms with Gasteiger partial charge in [0.15, 0.2) is 5.82 Å². The van der Waals surface area contributed by atoms with Crippen LogP contribution < -0.4 is 0 Å². The first-order valence-electron chi connectivity index (χ1n) is 6.29. The second kappa shape index (κ2) is 5.95. The third kappa shape index (κ3) is 2.56. The van der Waals surface area contributed by atoms with Gasteiger partial charge in [0.25, 0.3) is 0 Å². The molecule has 0 fully saturated rings. The van der Waals surface area contributed by atoms with E-state index in [2.05, 4.69) is 20.9 Å². The van der Waals surface area contributed by atoms with Crippen LogP contribution in [0.5, 0.6) is 0 Å². The molecule has 1 aromatic heterocycles. The molecule has 108 valence electrons. The van der Waals surface area contributed by atoms with Crippen molar-refractivity contribution in [3.63, 3.8) is 0 Å². The molecule has 0 radical (unpaired) electrons. The highest BCUT2D eigenvalue weighted by Crippen LogP contribution is 2.32. The van der Waals surface area contributed by atoms with E-state index in [1.807, 2.05) is 22.8 Å². The fraction of sp³-hybridized carbons (Fsp3) is 0.133. The van der Waals surface area contributed by atoms with Crippen molar-refractivity contribution in [1.82, 2.24) is 9.55 Å². The second-order valence-corrected chi connectivity index (χ2v) is 6.06. The Labute approximate surface area is 139 Å². The average molecular weight is 388 g/mol. The molecular weight excluding hydrogens is 378 g/mol. The Morgan fingerprint density at radius 2 is 1.95 bits per heavy atom. The molecule has 0 amide bonds. The lowest BCUT2D eigenvalue weighted by atomic mass is 10.2. The molecule has 0 bridgehead atoms. The molecule has 6 heteroatoms.